The van der Waals surface area contributed by atoms with Crippen molar-refractivity contribution in [2.75, 3.05) is 0 Å². The summed E-state index contributed by atoms with van der Waals surface area (Å²) in [5.74, 6) is 0.196. The van der Waals surface area contributed by atoms with Crippen LogP contribution in [0.15, 0.2) is 48.6 Å². The number of rotatable bonds is 1. The molecule has 0 N–H and O–H groups in total. The van der Waals surface area contributed by atoms with E-state index in [1.165, 1.54) is 6.07 Å². The lowest BCUT2D eigenvalue weighted by atomic mass is 9.93. The summed E-state index contributed by atoms with van der Waals surface area (Å²) in [6.45, 7) is 0. The summed E-state index contributed by atoms with van der Waals surface area (Å²) in [5, 5.41) is 0. The largest absolute Gasteiger partial charge is 0.207 e. The molecule has 0 heterocycles. The van der Waals surface area contributed by atoms with Crippen LogP contribution in [0.5, 0.6) is 0 Å². The molecule has 0 fully saturated rings. The second-order valence-electron chi connectivity index (χ2n) is 3.21. The summed E-state index contributed by atoms with van der Waals surface area (Å²) < 4.78 is 12.9. The second-order valence-corrected chi connectivity index (χ2v) is 3.21. The quantitative estimate of drug-likeness (QED) is 0.612. The molecule has 0 bridgehead atoms. The van der Waals surface area contributed by atoms with Gasteiger partial charge in [0.1, 0.15) is 5.82 Å². The third-order valence-corrected chi connectivity index (χ3v) is 2.26. The van der Waals surface area contributed by atoms with Gasteiger partial charge in [-0.25, -0.2) is 4.39 Å². The van der Waals surface area contributed by atoms with E-state index in [2.05, 4.69) is 12.2 Å². The minimum Gasteiger partial charge on any atom is -0.207 e. The molecule has 0 aromatic heterocycles. The van der Waals surface area contributed by atoms with E-state index in [-0.39, 0.29) is 5.82 Å². The Hall–Kier alpha value is -1.37. The van der Waals surface area contributed by atoms with Gasteiger partial charge in [0.15, 0.2) is 0 Å². The first-order chi connectivity index (χ1) is 6.36. The Kier molecular flexibility index (Phi) is 2.26. The van der Waals surface area contributed by atoms with Crippen molar-refractivity contribution >= 4 is 0 Å². The number of halogens is 1. The molecule has 2 rings (SSSR count). The monoisotopic (exact) mass is 174 g/mol. The lowest BCUT2D eigenvalue weighted by Gasteiger charge is -2.12. The molecule has 1 atom stereocenters. The predicted octanol–water partition coefficient (Wildman–Crippen LogP) is 3.43. The topological polar surface area (TPSA) is 0 Å². The van der Waals surface area contributed by atoms with Gasteiger partial charge in [-0.05, 0) is 24.1 Å². The minimum absolute atomic E-state index is 0.152. The van der Waals surface area contributed by atoms with Gasteiger partial charge >= 0.3 is 0 Å². The maximum atomic E-state index is 12.9. The summed E-state index contributed by atoms with van der Waals surface area (Å²) >= 11 is 0. The van der Waals surface area contributed by atoms with Crippen molar-refractivity contribution in [3.8, 4) is 0 Å². The van der Waals surface area contributed by atoms with E-state index >= 15 is 0 Å². The summed E-state index contributed by atoms with van der Waals surface area (Å²) in [6, 6.07) is 6.81. The van der Waals surface area contributed by atoms with Crippen molar-refractivity contribution in [1.29, 1.82) is 0 Å². The molecule has 0 radical (unpaired) electrons. The summed E-state index contributed by atoms with van der Waals surface area (Å²) in [6.07, 6.45) is 9.22. The van der Waals surface area contributed by atoms with Crippen LogP contribution >= 0.6 is 0 Å². The van der Waals surface area contributed by atoms with E-state index < -0.39 is 0 Å². The molecule has 1 aliphatic rings. The fourth-order valence-corrected chi connectivity index (χ4v) is 1.57. The van der Waals surface area contributed by atoms with E-state index in [4.69, 9.17) is 0 Å². The Morgan fingerprint density at radius 3 is 2.85 bits per heavy atom. The van der Waals surface area contributed by atoms with Crippen LogP contribution in [0.2, 0.25) is 0 Å². The zero-order valence-corrected chi connectivity index (χ0v) is 7.28. The third-order valence-electron chi connectivity index (χ3n) is 2.26. The van der Waals surface area contributed by atoms with Crippen LogP contribution in [-0.2, 0) is 0 Å². The van der Waals surface area contributed by atoms with Crippen molar-refractivity contribution in [3.05, 3.63) is 60.0 Å². The Bertz CT molecular complexity index is 350. The number of allylic oxidation sites excluding steroid dienone is 4. The highest BCUT2D eigenvalue weighted by Gasteiger charge is 2.08. The molecule has 0 aliphatic heterocycles. The summed E-state index contributed by atoms with van der Waals surface area (Å²) in [7, 11) is 0. The number of hydrogen-bond acceptors (Lipinski definition) is 0. The van der Waals surface area contributed by atoms with Gasteiger partial charge in [0.25, 0.3) is 0 Å². The molecule has 0 saturated heterocycles. The molecule has 1 heteroatoms. The Labute approximate surface area is 77.4 Å². The van der Waals surface area contributed by atoms with Gasteiger partial charge in [0.2, 0.25) is 0 Å². The molecule has 0 saturated carbocycles. The predicted molar refractivity (Wildman–Crippen MR) is 52.0 cm³/mol. The third kappa shape index (κ3) is 1.86. The SMILES string of the molecule is Fc1cccc(C2C=CC=CC2)c1. The molecule has 1 unspecified atom stereocenters. The Balaban J connectivity index is 2.25. The van der Waals surface area contributed by atoms with Crippen LogP contribution in [0.1, 0.15) is 17.9 Å². The molecule has 1 aromatic carbocycles. The van der Waals surface area contributed by atoms with Crippen LogP contribution < -0.4 is 0 Å². The molecule has 1 aliphatic carbocycles. The van der Waals surface area contributed by atoms with E-state index in [0.29, 0.717) is 5.92 Å². The molecule has 0 nitrogen and oxygen atoms in total. The molecule has 13 heavy (non-hydrogen) atoms. The average Bonchev–Trinajstić information content (AvgIpc) is 2.19. The average molecular weight is 174 g/mol. The lowest BCUT2D eigenvalue weighted by molar-refractivity contribution is 0.623. The first-order valence-corrected chi connectivity index (χ1v) is 4.45. The number of hydrogen-bond donors (Lipinski definition) is 0. The molecular formula is C12H11F. The van der Waals surface area contributed by atoms with E-state index in [1.54, 1.807) is 12.1 Å². The van der Waals surface area contributed by atoms with Gasteiger partial charge in [0.05, 0.1) is 0 Å². The smallest absolute Gasteiger partial charge is 0.123 e. The van der Waals surface area contributed by atoms with Crippen LogP contribution in [0.25, 0.3) is 0 Å². The lowest BCUT2D eigenvalue weighted by Crippen LogP contribution is -1.96. The standard InChI is InChI=1S/C12H11F/c13-12-8-4-7-11(9-12)10-5-2-1-3-6-10/h1-5,7-10H,6H2. The van der Waals surface area contributed by atoms with Crippen LogP contribution in [-0.4, -0.2) is 0 Å². The highest BCUT2D eigenvalue weighted by Crippen LogP contribution is 2.24. The van der Waals surface area contributed by atoms with E-state index in [9.17, 15) is 4.39 Å². The van der Waals surface area contributed by atoms with Crippen LogP contribution in [0.4, 0.5) is 4.39 Å². The fraction of sp³-hybridized carbons (Fsp3) is 0.167. The van der Waals surface area contributed by atoms with Gasteiger partial charge < -0.3 is 0 Å². The minimum atomic E-state index is -0.152. The maximum Gasteiger partial charge on any atom is 0.123 e. The molecule has 1 aromatic rings. The first-order valence-electron chi connectivity index (χ1n) is 4.45. The highest BCUT2D eigenvalue weighted by molar-refractivity contribution is 5.28. The van der Waals surface area contributed by atoms with Gasteiger partial charge in [-0.3, -0.25) is 0 Å². The maximum absolute atomic E-state index is 12.9. The van der Waals surface area contributed by atoms with Crippen LogP contribution in [0.3, 0.4) is 0 Å². The van der Waals surface area contributed by atoms with Gasteiger partial charge in [-0.15, -0.1) is 0 Å². The second kappa shape index (κ2) is 3.56. The van der Waals surface area contributed by atoms with E-state index in [1.807, 2.05) is 18.2 Å². The van der Waals surface area contributed by atoms with Crippen molar-refractivity contribution in [3.63, 3.8) is 0 Å². The zero-order chi connectivity index (χ0) is 9.10. The normalized spacial score (nSPS) is 20.5. The van der Waals surface area contributed by atoms with Crippen molar-refractivity contribution < 1.29 is 4.39 Å². The first kappa shape index (κ1) is 8.24. The molecule has 66 valence electrons. The summed E-state index contributed by atoms with van der Waals surface area (Å²) in [4.78, 5) is 0. The van der Waals surface area contributed by atoms with Gasteiger partial charge in [-0.2, -0.15) is 0 Å². The molecular weight excluding hydrogens is 163 g/mol. The van der Waals surface area contributed by atoms with Crippen molar-refractivity contribution in [2.24, 2.45) is 0 Å². The van der Waals surface area contributed by atoms with Crippen LogP contribution in [0, 0.1) is 5.82 Å². The van der Waals surface area contributed by atoms with Crippen molar-refractivity contribution in [2.45, 2.75) is 12.3 Å². The summed E-state index contributed by atoms with van der Waals surface area (Å²) in [5.41, 5.74) is 1.06. The highest BCUT2D eigenvalue weighted by atomic mass is 19.1. The fourth-order valence-electron chi connectivity index (χ4n) is 1.57. The van der Waals surface area contributed by atoms with Gasteiger partial charge in [0, 0.05) is 5.92 Å². The molecule has 0 amide bonds. The van der Waals surface area contributed by atoms with Gasteiger partial charge in [-0.1, -0.05) is 36.4 Å². The number of benzene rings is 1. The van der Waals surface area contributed by atoms with Crippen molar-refractivity contribution in [1.82, 2.24) is 0 Å². The Morgan fingerprint density at radius 1 is 1.23 bits per heavy atom. The zero-order valence-electron chi connectivity index (χ0n) is 7.28. The molecule has 0 spiro atoms. The van der Waals surface area contributed by atoms with E-state index in [0.717, 1.165) is 12.0 Å². The Morgan fingerprint density at radius 2 is 2.15 bits per heavy atom.